The molecule has 7 nitrogen and oxygen atoms in total. The number of hydrogen-bond donors (Lipinski definition) is 1. The molecule has 0 aliphatic carbocycles. The van der Waals surface area contributed by atoms with Crippen LogP contribution in [0.15, 0.2) is 6.33 Å². The van der Waals surface area contributed by atoms with Gasteiger partial charge in [-0.2, -0.15) is 9.97 Å². The molecule has 2 rings (SSSR count). The maximum atomic E-state index is 5.60. The summed E-state index contributed by atoms with van der Waals surface area (Å²) in [5.41, 5.74) is 0.853. The molecule has 0 saturated heterocycles. The predicted molar refractivity (Wildman–Crippen MR) is 71.4 cm³/mol. The van der Waals surface area contributed by atoms with Gasteiger partial charge in [-0.1, -0.05) is 6.92 Å². The van der Waals surface area contributed by atoms with Gasteiger partial charge in [0, 0.05) is 13.6 Å². The van der Waals surface area contributed by atoms with Crippen molar-refractivity contribution >= 4 is 5.82 Å². The molecule has 0 aromatic carbocycles. The summed E-state index contributed by atoms with van der Waals surface area (Å²) in [6, 6.07) is 0.283. The van der Waals surface area contributed by atoms with Crippen LogP contribution in [0.5, 0.6) is 11.9 Å². The summed E-state index contributed by atoms with van der Waals surface area (Å²) < 4.78 is 7.18. The Balaban J connectivity index is 2.26. The van der Waals surface area contributed by atoms with E-state index >= 15 is 0 Å². The Morgan fingerprint density at radius 2 is 2.11 bits per heavy atom. The first-order valence-electron chi connectivity index (χ1n) is 6.22. The molecular formula is C12H18N6O. The maximum absolute atomic E-state index is 5.60. The topological polar surface area (TPSA) is 77.8 Å². The van der Waals surface area contributed by atoms with E-state index < -0.39 is 0 Å². The second-order valence-corrected chi connectivity index (χ2v) is 4.28. The van der Waals surface area contributed by atoms with Crippen molar-refractivity contribution in [2.75, 3.05) is 11.9 Å². The first-order chi connectivity index (χ1) is 9.10. The van der Waals surface area contributed by atoms with E-state index in [-0.39, 0.29) is 6.01 Å². The Bertz CT molecular complexity index is 565. The third kappa shape index (κ3) is 3.18. The molecule has 0 aliphatic heterocycles. The first-order valence-corrected chi connectivity index (χ1v) is 6.22. The Kier molecular flexibility index (Phi) is 3.94. The third-order valence-corrected chi connectivity index (χ3v) is 2.52. The molecule has 0 radical (unpaired) electrons. The van der Waals surface area contributed by atoms with E-state index in [0.29, 0.717) is 11.7 Å². The van der Waals surface area contributed by atoms with E-state index in [0.717, 1.165) is 24.3 Å². The van der Waals surface area contributed by atoms with Gasteiger partial charge in [-0.25, -0.2) is 4.98 Å². The minimum Gasteiger partial charge on any atom is -0.404 e. The number of nitrogens with zero attached hydrogens (tertiary/aromatic N) is 5. The van der Waals surface area contributed by atoms with Gasteiger partial charge in [0.15, 0.2) is 0 Å². The van der Waals surface area contributed by atoms with Crippen LogP contribution in [-0.2, 0) is 7.05 Å². The predicted octanol–water partition coefficient (Wildman–Crippen LogP) is 1.84. The summed E-state index contributed by atoms with van der Waals surface area (Å²) in [6.45, 7) is 6.70. The van der Waals surface area contributed by atoms with Gasteiger partial charge in [0.1, 0.15) is 18.0 Å². The average molecular weight is 262 g/mol. The third-order valence-electron chi connectivity index (χ3n) is 2.52. The second-order valence-electron chi connectivity index (χ2n) is 4.28. The highest BCUT2D eigenvalue weighted by atomic mass is 16.5. The summed E-state index contributed by atoms with van der Waals surface area (Å²) in [7, 11) is 1.78. The Morgan fingerprint density at radius 3 is 2.74 bits per heavy atom. The summed E-state index contributed by atoms with van der Waals surface area (Å²) >= 11 is 0. The van der Waals surface area contributed by atoms with E-state index in [1.807, 2.05) is 13.8 Å². The minimum absolute atomic E-state index is 0.283. The molecule has 0 spiro atoms. The van der Waals surface area contributed by atoms with Gasteiger partial charge in [-0.3, -0.25) is 4.68 Å². The second kappa shape index (κ2) is 5.64. The molecule has 0 fully saturated rings. The van der Waals surface area contributed by atoms with Gasteiger partial charge in [0.05, 0.1) is 5.56 Å². The maximum Gasteiger partial charge on any atom is 0.342 e. The van der Waals surface area contributed by atoms with Crippen molar-refractivity contribution in [3.8, 4) is 11.9 Å². The number of anilines is 1. The molecule has 19 heavy (non-hydrogen) atoms. The van der Waals surface area contributed by atoms with E-state index in [1.54, 1.807) is 18.1 Å². The van der Waals surface area contributed by atoms with Gasteiger partial charge in [-0.15, -0.1) is 5.10 Å². The van der Waals surface area contributed by atoms with Crippen LogP contribution in [0.1, 0.15) is 24.7 Å². The van der Waals surface area contributed by atoms with Gasteiger partial charge in [-0.05, 0) is 20.3 Å². The monoisotopic (exact) mass is 262 g/mol. The lowest BCUT2D eigenvalue weighted by Gasteiger charge is -2.11. The van der Waals surface area contributed by atoms with Gasteiger partial charge in [0.2, 0.25) is 5.88 Å². The average Bonchev–Trinajstić information content (AvgIpc) is 2.77. The van der Waals surface area contributed by atoms with Crippen LogP contribution in [0.2, 0.25) is 0 Å². The van der Waals surface area contributed by atoms with Crippen LogP contribution in [0.4, 0.5) is 5.82 Å². The smallest absolute Gasteiger partial charge is 0.342 e. The van der Waals surface area contributed by atoms with E-state index in [4.69, 9.17) is 4.74 Å². The quantitative estimate of drug-likeness (QED) is 0.885. The normalized spacial score (nSPS) is 10.5. The Morgan fingerprint density at radius 1 is 1.32 bits per heavy atom. The highest BCUT2D eigenvalue weighted by Crippen LogP contribution is 2.24. The van der Waals surface area contributed by atoms with Gasteiger partial charge >= 0.3 is 6.01 Å². The van der Waals surface area contributed by atoms with Crippen LogP contribution in [0.25, 0.3) is 0 Å². The molecule has 0 amide bonds. The molecule has 1 N–H and O–H groups in total. The Hall–Kier alpha value is -2.18. The first kappa shape index (κ1) is 13.3. The standard InChI is InChI=1S/C12H18N6O/c1-5-6-13-10-8(2)11(16-9(3)15-10)19-12-14-7-18(4)17-12/h7H,5-6H2,1-4H3,(H,13,15,16). The van der Waals surface area contributed by atoms with E-state index in [2.05, 4.69) is 32.3 Å². The van der Waals surface area contributed by atoms with Gasteiger partial charge in [0.25, 0.3) is 0 Å². The molecule has 0 aliphatic rings. The number of aryl methyl sites for hydroxylation is 2. The summed E-state index contributed by atoms with van der Waals surface area (Å²) in [6.07, 6.45) is 2.61. The lowest BCUT2D eigenvalue weighted by atomic mass is 10.3. The van der Waals surface area contributed by atoms with Crippen molar-refractivity contribution in [2.45, 2.75) is 27.2 Å². The molecule has 0 bridgehead atoms. The number of aromatic nitrogens is 5. The van der Waals surface area contributed by atoms with Crippen LogP contribution < -0.4 is 10.1 Å². The fraction of sp³-hybridized carbons (Fsp3) is 0.500. The summed E-state index contributed by atoms with van der Waals surface area (Å²) in [4.78, 5) is 12.7. The van der Waals surface area contributed by atoms with Crippen molar-refractivity contribution in [1.82, 2.24) is 24.7 Å². The zero-order chi connectivity index (χ0) is 13.8. The molecule has 2 aromatic heterocycles. The zero-order valence-electron chi connectivity index (χ0n) is 11.6. The van der Waals surface area contributed by atoms with Crippen molar-refractivity contribution in [2.24, 2.45) is 7.05 Å². The number of rotatable bonds is 5. The van der Waals surface area contributed by atoms with Crippen LogP contribution in [-0.4, -0.2) is 31.3 Å². The van der Waals surface area contributed by atoms with E-state index in [9.17, 15) is 0 Å². The molecule has 2 heterocycles. The van der Waals surface area contributed by atoms with Crippen LogP contribution in [0, 0.1) is 13.8 Å². The minimum atomic E-state index is 0.283. The largest absolute Gasteiger partial charge is 0.404 e. The van der Waals surface area contributed by atoms with Crippen molar-refractivity contribution < 1.29 is 4.74 Å². The molecule has 0 saturated carbocycles. The summed E-state index contributed by atoms with van der Waals surface area (Å²) in [5, 5.41) is 7.33. The highest BCUT2D eigenvalue weighted by molar-refractivity contribution is 5.48. The molecule has 2 aromatic rings. The SMILES string of the molecule is CCCNc1nc(C)nc(Oc2ncn(C)n2)c1C. The van der Waals surface area contributed by atoms with Crippen molar-refractivity contribution in [3.05, 3.63) is 17.7 Å². The number of ether oxygens (including phenoxy) is 1. The Labute approximate surface area is 112 Å². The van der Waals surface area contributed by atoms with Crippen LogP contribution >= 0.6 is 0 Å². The van der Waals surface area contributed by atoms with Crippen molar-refractivity contribution in [3.63, 3.8) is 0 Å². The fourth-order valence-electron chi connectivity index (χ4n) is 1.57. The van der Waals surface area contributed by atoms with E-state index in [1.165, 1.54) is 0 Å². The number of nitrogens with one attached hydrogen (secondary N) is 1. The van der Waals surface area contributed by atoms with Gasteiger partial charge < -0.3 is 10.1 Å². The lowest BCUT2D eigenvalue weighted by Crippen LogP contribution is -2.07. The highest BCUT2D eigenvalue weighted by Gasteiger charge is 2.12. The molecule has 102 valence electrons. The molecule has 0 unspecified atom stereocenters. The molecular weight excluding hydrogens is 244 g/mol. The fourth-order valence-corrected chi connectivity index (χ4v) is 1.57. The van der Waals surface area contributed by atoms with Crippen molar-refractivity contribution in [1.29, 1.82) is 0 Å². The lowest BCUT2D eigenvalue weighted by molar-refractivity contribution is 0.417. The van der Waals surface area contributed by atoms with Crippen LogP contribution in [0.3, 0.4) is 0 Å². The summed E-state index contributed by atoms with van der Waals surface area (Å²) in [5.74, 6) is 1.92. The molecule has 7 heteroatoms. The zero-order valence-corrected chi connectivity index (χ0v) is 11.6. The number of hydrogen-bond acceptors (Lipinski definition) is 6. The molecule has 0 atom stereocenters.